The van der Waals surface area contributed by atoms with E-state index in [1.165, 1.54) is 0 Å². The molecule has 1 fully saturated rings. The van der Waals surface area contributed by atoms with Crippen molar-refractivity contribution in [2.75, 3.05) is 45.7 Å². The molecule has 1 aliphatic heterocycles. The molecule has 1 saturated heterocycles. The third-order valence-corrected chi connectivity index (χ3v) is 4.99. The first-order valence-electron chi connectivity index (χ1n) is 9.97. The summed E-state index contributed by atoms with van der Waals surface area (Å²) in [4.78, 5) is 16.9. The van der Waals surface area contributed by atoms with E-state index in [1.54, 1.807) is 7.11 Å². The molecule has 2 aromatic rings. The van der Waals surface area contributed by atoms with Gasteiger partial charge in [-0.05, 0) is 56.3 Å². The van der Waals surface area contributed by atoms with Crippen molar-refractivity contribution < 1.29 is 9.53 Å². The van der Waals surface area contributed by atoms with Crippen LogP contribution in [0.1, 0.15) is 12.8 Å². The number of methoxy groups -OCH3 is 1. The highest BCUT2D eigenvalue weighted by Gasteiger charge is 2.29. The predicted molar refractivity (Wildman–Crippen MR) is 115 cm³/mol. The molecule has 2 amide bonds. The van der Waals surface area contributed by atoms with E-state index >= 15 is 0 Å². The van der Waals surface area contributed by atoms with Crippen LogP contribution in [0.5, 0.6) is 0 Å². The van der Waals surface area contributed by atoms with Crippen molar-refractivity contribution in [3.8, 4) is 0 Å². The van der Waals surface area contributed by atoms with Crippen molar-refractivity contribution in [1.29, 1.82) is 0 Å². The second kappa shape index (κ2) is 10.7. The number of nitrogens with one attached hydrogen (secondary N) is 1. The standard InChI is InChI=1S/C22H29N5O2/c1-26(15-16-29-2)17-21-9-6-14-27(21)22(28)23-18-10-12-20(13-11-18)25-24-19-7-4-3-5-8-19/h3-5,7-8,10-13,21H,6,9,14-17H2,1-2H3,(H,23,28). The SMILES string of the molecule is COCCN(C)CC1CCCN1C(=O)Nc1ccc(N=Nc2ccccc2)cc1. The van der Waals surface area contributed by atoms with Crippen LogP contribution in [-0.4, -0.2) is 62.3 Å². The Morgan fingerprint density at radius 1 is 1.14 bits per heavy atom. The van der Waals surface area contributed by atoms with Gasteiger partial charge in [0.15, 0.2) is 0 Å². The van der Waals surface area contributed by atoms with Gasteiger partial charge in [-0.1, -0.05) is 18.2 Å². The Bertz CT molecular complexity index is 795. The molecule has 0 saturated carbocycles. The van der Waals surface area contributed by atoms with E-state index < -0.39 is 0 Å². The maximum Gasteiger partial charge on any atom is 0.322 e. The van der Waals surface area contributed by atoms with E-state index in [1.807, 2.05) is 59.5 Å². The number of hydrogen-bond donors (Lipinski definition) is 1. The van der Waals surface area contributed by atoms with Crippen molar-refractivity contribution in [3.63, 3.8) is 0 Å². The first kappa shape index (κ1) is 21.0. The summed E-state index contributed by atoms with van der Waals surface area (Å²) in [6.07, 6.45) is 2.07. The molecule has 7 nitrogen and oxygen atoms in total. The Hall–Kier alpha value is -2.77. The van der Waals surface area contributed by atoms with Gasteiger partial charge in [0, 0.05) is 38.5 Å². The van der Waals surface area contributed by atoms with E-state index in [9.17, 15) is 4.79 Å². The number of azo groups is 1. The molecule has 154 valence electrons. The minimum absolute atomic E-state index is 0.0497. The van der Waals surface area contributed by atoms with Crippen LogP contribution >= 0.6 is 0 Å². The molecule has 0 bridgehead atoms. The van der Waals surface area contributed by atoms with Gasteiger partial charge in [0.1, 0.15) is 0 Å². The summed E-state index contributed by atoms with van der Waals surface area (Å²) in [5, 5.41) is 11.4. The number of likely N-dealkylation sites (N-methyl/N-ethyl adjacent to an activating group) is 1. The second-order valence-electron chi connectivity index (χ2n) is 7.26. The molecule has 3 rings (SSSR count). The average Bonchev–Trinajstić information content (AvgIpc) is 3.20. The summed E-state index contributed by atoms with van der Waals surface area (Å²) >= 11 is 0. The lowest BCUT2D eigenvalue weighted by atomic mass is 10.2. The number of urea groups is 1. The second-order valence-corrected chi connectivity index (χ2v) is 7.26. The first-order valence-corrected chi connectivity index (χ1v) is 9.97. The Morgan fingerprint density at radius 3 is 2.52 bits per heavy atom. The number of hydrogen-bond acceptors (Lipinski definition) is 5. The summed E-state index contributed by atoms with van der Waals surface area (Å²) in [6.45, 7) is 3.21. The molecule has 0 aromatic heterocycles. The smallest absolute Gasteiger partial charge is 0.322 e. The van der Waals surface area contributed by atoms with Crippen LogP contribution in [-0.2, 0) is 4.74 Å². The third-order valence-electron chi connectivity index (χ3n) is 4.99. The molecule has 2 aromatic carbocycles. The zero-order chi connectivity index (χ0) is 20.5. The van der Waals surface area contributed by atoms with Gasteiger partial charge in [0.2, 0.25) is 0 Å². The van der Waals surface area contributed by atoms with Crippen molar-refractivity contribution in [2.24, 2.45) is 10.2 Å². The number of rotatable bonds is 8. The van der Waals surface area contributed by atoms with Crippen LogP contribution in [0.4, 0.5) is 21.9 Å². The van der Waals surface area contributed by atoms with Crippen LogP contribution in [0, 0.1) is 0 Å². The molecule has 0 spiro atoms. The lowest BCUT2D eigenvalue weighted by Gasteiger charge is -2.28. The minimum atomic E-state index is -0.0497. The van der Waals surface area contributed by atoms with E-state index in [0.29, 0.717) is 6.61 Å². The number of amides is 2. The maximum atomic E-state index is 12.7. The van der Waals surface area contributed by atoms with Gasteiger partial charge in [0.25, 0.3) is 0 Å². The van der Waals surface area contributed by atoms with Gasteiger partial charge in [-0.25, -0.2) is 4.79 Å². The van der Waals surface area contributed by atoms with Crippen molar-refractivity contribution in [1.82, 2.24) is 9.80 Å². The molecule has 7 heteroatoms. The molecule has 1 aliphatic rings. The molecule has 0 aliphatic carbocycles. The topological polar surface area (TPSA) is 69.5 Å². The molecule has 1 unspecified atom stereocenters. The molecular weight excluding hydrogens is 366 g/mol. The molecule has 1 heterocycles. The quantitative estimate of drug-likeness (QED) is 0.660. The zero-order valence-corrected chi connectivity index (χ0v) is 17.1. The Kier molecular flexibility index (Phi) is 7.72. The fourth-order valence-corrected chi connectivity index (χ4v) is 3.41. The lowest BCUT2D eigenvalue weighted by molar-refractivity contribution is 0.143. The van der Waals surface area contributed by atoms with Gasteiger partial charge in [-0.2, -0.15) is 10.2 Å². The van der Waals surface area contributed by atoms with Crippen LogP contribution in [0.25, 0.3) is 0 Å². The van der Waals surface area contributed by atoms with Crippen LogP contribution in [0.3, 0.4) is 0 Å². The number of benzene rings is 2. The van der Waals surface area contributed by atoms with Gasteiger partial charge in [0.05, 0.1) is 18.0 Å². The largest absolute Gasteiger partial charge is 0.383 e. The summed E-state index contributed by atoms with van der Waals surface area (Å²) < 4.78 is 5.13. The summed E-state index contributed by atoms with van der Waals surface area (Å²) in [5.41, 5.74) is 2.30. The number of nitrogens with zero attached hydrogens (tertiary/aromatic N) is 4. The summed E-state index contributed by atoms with van der Waals surface area (Å²) in [6, 6.07) is 17.2. The average molecular weight is 396 g/mol. The highest BCUT2D eigenvalue weighted by Crippen LogP contribution is 2.22. The van der Waals surface area contributed by atoms with Gasteiger partial charge in [-0.15, -0.1) is 0 Å². The van der Waals surface area contributed by atoms with Crippen molar-refractivity contribution >= 4 is 23.1 Å². The molecule has 1 N–H and O–H groups in total. The predicted octanol–water partition coefficient (Wildman–Crippen LogP) is 4.68. The highest BCUT2D eigenvalue weighted by atomic mass is 16.5. The van der Waals surface area contributed by atoms with E-state index in [0.717, 1.165) is 49.5 Å². The van der Waals surface area contributed by atoms with Crippen LogP contribution < -0.4 is 5.32 Å². The Balaban J connectivity index is 1.53. The van der Waals surface area contributed by atoms with Crippen LogP contribution in [0.15, 0.2) is 64.8 Å². The van der Waals surface area contributed by atoms with E-state index in [4.69, 9.17) is 4.74 Å². The number of carbonyl (C=O) groups excluding carboxylic acids is 1. The van der Waals surface area contributed by atoms with Crippen molar-refractivity contribution in [2.45, 2.75) is 18.9 Å². The molecule has 1 atom stereocenters. The number of ether oxygens (including phenoxy) is 1. The maximum absolute atomic E-state index is 12.7. The van der Waals surface area contributed by atoms with E-state index in [2.05, 4.69) is 27.5 Å². The van der Waals surface area contributed by atoms with Crippen molar-refractivity contribution in [3.05, 3.63) is 54.6 Å². The third kappa shape index (κ3) is 6.37. The fraction of sp³-hybridized carbons (Fsp3) is 0.409. The molecule has 29 heavy (non-hydrogen) atoms. The Labute approximate surface area is 172 Å². The van der Waals surface area contributed by atoms with E-state index in [-0.39, 0.29) is 12.1 Å². The lowest BCUT2D eigenvalue weighted by Crippen LogP contribution is -2.44. The van der Waals surface area contributed by atoms with Crippen LogP contribution in [0.2, 0.25) is 0 Å². The highest BCUT2D eigenvalue weighted by molar-refractivity contribution is 5.89. The Morgan fingerprint density at radius 2 is 1.83 bits per heavy atom. The fourth-order valence-electron chi connectivity index (χ4n) is 3.41. The normalized spacial score (nSPS) is 16.7. The summed E-state index contributed by atoms with van der Waals surface area (Å²) in [5.74, 6) is 0. The number of anilines is 1. The number of carbonyl (C=O) groups is 1. The van der Waals surface area contributed by atoms with Gasteiger partial charge >= 0.3 is 6.03 Å². The first-order chi connectivity index (χ1) is 14.2. The van der Waals surface area contributed by atoms with Gasteiger partial charge in [-0.3, -0.25) is 0 Å². The molecule has 0 radical (unpaired) electrons. The monoisotopic (exact) mass is 395 g/mol. The summed E-state index contributed by atoms with van der Waals surface area (Å²) in [7, 11) is 3.77. The molecular formula is C22H29N5O2. The number of likely N-dealkylation sites (tertiary alicyclic amines) is 1. The minimum Gasteiger partial charge on any atom is -0.383 e. The zero-order valence-electron chi connectivity index (χ0n) is 17.1. The van der Waals surface area contributed by atoms with Gasteiger partial charge < -0.3 is 19.9 Å².